The molecule has 306 valence electrons. The second kappa shape index (κ2) is 15.6. The lowest BCUT2D eigenvalue weighted by Crippen LogP contribution is -2.11. The summed E-state index contributed by atoms with van der Waals surface area (Å²) in [5.74, 6) is 0.623. The quantitative estimate of drug-likeness (QED) is 0.150. The number of rotatable bonds is 7. The zero-order chi connectivity index (χ0) is 43.3. The van der Waals surface area contributed by atoms with E-state index in [1.165, 1.54) is 0 Å². The minimum absolute atomic E-state index is 0.0603. The first-order chi connectivity index (χ1) is 30.5. The van der Waals surface area contributed by atoms with Crippen LogP contribution in [-0.2, 0) is 12.4 Å². The molecule has 0 spiro atoms. The molecule has 0 bridgehead atoms. The van der Waals surface area contributed by atoms with E-state index in [1.807, 2.05) is 150 Å². The Morgan fingerprint density at radius 2 is 0.730 bits per heavy atom. The van der Waals surface area contributed by atoms with Gasteiger partial charge in [-0.2, -0.15) is 26.3 Å². The molecule has 0 N–H and O–H groups in total. The zero-order valence-electron chi connectivity index (χ0n) is 33.0. The van der Waals surface area contributed by atoms with Crippen LogP contribution in [-0.4, -0.2) is 19.5 Å². The number of alkyl halides is 6. The molecule has 10 rings (SSSR count). The van der Waals surface area contributed by atoms with Crippen LogP contribution in [0.3, 0.4) is 0 Å². The summed E-state index contributed by atoms with van der Waals surface area (Å²) in [4.78, 5) is 14.4. The Morgan fingerprint density at radius 3 is 1.16 bits per heavy atom. The predicted octanol–water partition coefficient (Wildman–Crippen LogP) is 15.0. The Kier molecular flexibility index (Phi) is 9.71. The van der Waals surface area contributed by atoms with Crippen molar-refractivity contribution in [2.75, 3.05) is 0 Å². The molecule has 0 saturated heterocycles. The molecule has 0 aliphatic carbocycles. The lowest BCUT2D eigenvalue weighted by molar-refractivity contribution is -0.143. The molecular formula is C53H32F6N4. The lowest BCUT2D eigenvalue weighted by Gasteiger charge is -2.18. The van der Waals surface area contributed by atoms with Crippen LogP contribution >= 0.6 is 0 Å². The first-order valence-electron chi connectivity index (χ1n) is 20.0. The summed E-state index contributed by atoms with van der Waals surface area (Å²) in [5, 5.41) is 1.82. The molecule has 10 heteroatoms. The molecule has 0 fully saturated rings. The van der Waals surface area contributed by atoms with Crippen LogP contribution in [0.15, 0.2) is 194 Å². The Bertz CT molecular complexity index is 3100. The number of nitrogens with zero attached hydrogens (tertiary/aromatic N) is 4. The van der Waals surface area contributed by atoms with Crippen LogP contribution < -0.4 is 0 Å². The summed E-state index contributed by atoms with van der Waals surface area (Å²) >= 11 is 0. The van der Waals surface area contributed by atoms with Gasteiger partial charge in [0, 0.05) is 33.2 Å². The van der Waals surface area contributed by atoms with Crippen molar-refractivity contribution >= 4 is 21.8 Å². The van der Waals surface area contributed by atoms with Gasteiger partial charge in [0.1, 0.15) is 0 Å². The number of benzene rings is 8. The monoisotopic (exact) mass is 838 g/mol. The van der Waals surface area contributed by atoms with Crippen LogP contribution in [0, 0.1) is 0 Å². The Balaban J connectivity index is 1.26. The van der Waals surface area contributed by atoms with Crippen molar-refractivity contribution < 1.29 is 26.3 Å². The highest BCUT2D eigenvalue weighted by Gasteiger charge is 2.37. The highest BCUT2D eigenvalue weighted by Crippen LogP contribution is 2.43. The fraction of sp³-hybridized carbons (Fsp3) is 0.0377. The van der Waals surface area contributed by atoms with Gasteiger partial charge in [0.05, 0.1) is 22.2 Å². The van der Waals surface area contributed by atoms with Crippen molar-refractivity contribution in [1.82, 2.24) is 19.5 Å². The summed E-state index contributed by atoms with van der Waals surface area (Å²) in [5.41, 5.74) is 4.42. The average Bonchev–Trinajstić information content (AvgIpc) is 3.64. The van der Waals surface area contributed by atoms with Crippen LogP contribution in [0.1, 0.15) is 11.1 Å². The molecule has 0 radical (unpaired) electrons. The Labute approximate surface area is 357 Å². The van der Waals surface area contributed by atoms with Gasteiger partial charge in [0.15, 0.2) is 17.5 Å². The van der Waals surface area contributed by atoms with E-state index in [0.717, 1.165) is 56.2 Å². The van der Waals surface area contributed by atoms with Crippen molar-refractivity contribution in [2.24, 2.45) is 0 Å². The molecule has 0 aliphatic heterocycles. The molecule has 0 unspecified atom stereocenters. The second-order valence-electron chi connectivity index (χ2n) is 15.1. The van der Waals surface area contributed by atoms with E-state index in [-0.39, 0.29) is 40.2 Å². The van der Waals surface area contributed by atoms with Gasteiger partial charge in [0.2, 0.25) is 0 Å². The summed E-state index contributed by atoms with van der Waals surface area (Å²) in [6.07, 6.45) is -10.2. The summed E-state index contributed by atoms with van der Waals surface area (Å²) in [6, 6.07) is 57.0. The van der Waals surface area contributed by atoms with Gasteiger partial charge in [-0.25, -0.2) is 15.0 Å². The third kappa shape index (κ3) is 7.61. The maximum absolute atomic E-state index is 14.5. The molecule has 0 atom stereocenters. The van der Waals surface area contributed by atoms with E-state index in [0.29, 0.717) is 16.8 Å². The van der Waals surface area contributed by atoms with Gasteiger partial charge in [-0.1, -0.05) is 133 Å². The molecule has 8 aromatic carbocycles. The van der Waals surface area contributed by atoms with Crippen molar-refractivity contribution in [3.05, 3.63) is 205 Å². The molecule has 0 saturated carbocycles. The van der Waals surface area contributed by atoms with Crippen LogP contribution in [0.2, 0.25) is 0 Å². The molecule has 63 heavy (non-hydrogen) atoms. The lowest BCUT2D eigenvalue weighted by atomic mass is 9.94. The minimum Gasteiger partial charge on any atom is -0.309 e. The predicted molar refractivity (Wildman–Crippen MR) is 237 cm³/mol. The number of hydrogen-bond donors (Lipinski definition) is 0. The highest BCUT2D eigenvalue weighted by atomic mass is 19.4. The van der Waals surface area contributed by atoms with Gasteiger partial charge >= 0.3 is 12.4 Å². The Hall–Kier alpha value is -7.85. The number of hydrogen-bond acceptors (Lipinski definition) is 3. The summed E-state index contributed by atoms with van der Waals surface area (Å²) < 4.78 is 89.1. The van der Waals surface area contributed by atoms with Crippen molar-refractivity contribution in [2.45, 2.75) is 12.4 Å². The molecule has 0 aliphatic rings. The minimum atomic E-state index is -5.08. The number of halogens is 6. The SMILES string of the molecule is FC(F)(F)c1cc(-c2cc(-n3c4ccc(-c5ccccc5)cc4c4cc(-c5ccccc5)ccc43)ccc2-c2nc(-c3ccccc3)nc(-c3ccccc3)n2)cc(C(F)(F)F)c1. The first kappa shape index (κ1) is 39.3. The second-order valence-corrected chi connectivity index (χ2v) is 15.1. The van der Waals surface area contributed by atoms with Crippen molar-refractivity contribution in [1.29, 1.82) is 0 Å². The molecule has 2 heterocycles. The van der Waals surface area contributed by atoms with Crippen molar-refractivity contribution in [3.8, 4) is 73.2 Å². The van der Waals surface area contributed by atoms with Crippen LogP contribution in [0.5, 0.6) is 0 Å². The van der Waals surface area contributed by atoms with E-state index in [2.05, 4.69) is 12.1 Å². The maximum Gasteiger partial charge on any atom is 0.416 e. The first-order valence-corrected chi connectivity index (χ1v) is 20.0. The highest BCUT2D eigenvalue weighted by molar-refractivity contribution is 6.12. The normalized spacial score (nSPS) is 12.0. The van der Waals surface area contributed by atoms with E-state index in [1.54, 1.807) is 18.2 Å². The molecule has 4 nitrogen and oxygen atoms in total. The number of fused-ring (bicyclic) bond motifs is 3. The van der Waals surface area contributed by atoms with E-state index >= 15 is 0 Å². The fourth-order valence-corrected chi connectivity index (χ4v) is 8.07. The van der Waals surface area contributed by atoms with Gasteiger partial charge in [-0.3, -0.25) is 0 Å². The smallest absolute Gasteiger partial charge is 0.309 e. The van der Waals surface area contributed by atoms with Gasteiger partial charge in [-0.05, 0) is 94.0 Å². The van der Waals surface area contributed by atoms with Crippen LogP contribution in [0.4, 0.5) is 26.3 Å². The summed E-state index contributed by atoms with van der Waals surface area (Å²) in [6.45, 7) is 0. The topological polar surface area (TPSA) is 43.6 Å². The molecule has 10 aromatic rings. The van der Waals surface area contributed by atoms with E-state index in [4.69, 9.17) is 15.0 Å². The van der Waals surface area contributed by atoms with E-state index in [9.17, 15) is 26.3 Å². The zero-order valence-corrected chi connectivity index (χ0v) is 33.0. The standard InChI is InChI=1S/C53H32F6N4/c54-52(55,56)40-27-39(28-41(31-40)53(57,58)59)44-32-42(23-24-43(44)51-61-49(35-17-9-3-10-18-35)60-50(62-51)36-19-11-4-12-20-36)63-47-25-21-37(33-13-5-1-6-14-33)29-45(47)46-30-38(22-26-48(46)63)34-15-7-2-8-16-34/h1-32H. The van der Waals surface area contributed by atoms with Crippen molar-refractivity contribution in [3.63, 3.8) is 0 Å². The van der Waals surface area contributed by atoms with Gasteiger partial charge < -0.3 is 4.57 Å². The van der Waals surface area contributed by atoms with Crippen LogP contribution in [0.25, 0.3) is 95.0 Å². The summed E-state index contributed by atoms with van der Waals surface area (Å²) in [7, 11) is 0. The molecular weight excluding hydrogens is 807 g/mol. The maximum atomic E-state index is 14.5. The third-order valence-corrected chi connectivity index (χ3v) is 11.1. The fourth-order valence-electron chi connectivity index (χ4n) is 8.07. The molecule has 0 amide bonds. The average molecular weight is 839 g/mol. The molecule has 2 aromatic heterocycles. The number of aromatic nitrogens is 4. The largest absolute Gasteiger partial charge is 0.416 e. The van der Waals surface area contributed by atoms with Gasteiger partial charge in [-0.15, -0.1) is 0 Å². The van der Waals surface area contributed by atoms with Gasteiger partial charge in [0.25, 0.3) is 0 Å². The Morgan fingerprint density at radius 1 is 0.317 bits per heavy atom. The van der Waals surface area contributed by atoms with E-state index < -0.39 is 23.5 Å². The third-order valence-electron chi connectivity index (χ3n) is 11.1.